The first kappa shape index (κ1) is 17.2. The Morgan fingerprint density at radius 1 is 1.05 bits per heavy atom. The van der Waals surface area contributed by atoms with Crippen LogP contribution < -0.4 is 5.32 Å². The predicted octanol–water partition coefficient (Wildman–Crippen LogP) is 3.95. The fourth-order valence-electron chi connectivity index (χ4n) is 2.76. The molecular weight excluding hydrogens is 244 g/mol. The van der Waals surface area contributed by atoms with E-state index in [-0.39, 0.29) is 0 Å². The molecule has 0 saturated carbocycles. The Balaban J connectivity index is 2.72. The standard InChI is InChI=1S/C18H32N2/c1-7-19-18(17-11-9-8-10-12-17)15(4)13-20(6)16(5)14(2)3/h8-12,14-16,18-19H,7,13H2,1-6H3. The Hall–Kier alpha value is -0.860. The van der Waals surface area contributed by atoms with Gasteiger partial charge in [-0.3, -0.25) is 0 Å². The molecule has 0 bridgehead atoms. The molecule has 1 N–H and O–H groups in total. The van der Waals surface area contributed by atoms with Gasteiger partial charge in [0, 0.05) is 18.6 Å². The van der Waals surface area contributed by atoms with Crippen molar-refractivity contribution < 1.29 is 0 Å². The number of nitrogens with one attached hydrogen (secondary N) is 1. The zero-order valence-corrected chi connectivity index (χ0v) is 14.1. The first-order valence-corrected chi connectivity index (χ1v) is 7.95. The highest BCUT2D eigenvalue weighted by molar-refractivity contribution is 5.19. The molecule has 2 heteroatoms. The van der Waals surface area contributed by atoms with E-state index in [1.54, 1.807) is 0 Å². The Labute approximate surface area is 125 Å². The van der Waals surface area contributed by atoms with Crippen LogP contribution in [0.1, 0.15) is 46.2 Å². The second kappa shape index (κ2) is 8.43. The van der Waals surface area contributed by atoms with Crippen LogP contribution in [0.15, 0.2) is 30.3 Å². The van der Waals surface area contributed by atoms with E-state index in [0.717, 1.165) is 13.1 Å². The number of hydrogen-bond acceptors (Lipinski definition) is 2. The van der Waals surface area contributed by atoms with Crippen LogP contribution in [0.25, 0.3) is 0 Å². The van der Waals surface area contributed by atoms with Crippen molar-refractivity contribution in [1.29, 1.82) is 0 Å². The maximum Gasteiger partial charge on any atom is 0.0358 e. The quantitative estimate of drug-likeness (QED) is 0.773. The fourth-order valence-corrected chi connectivity index (χ4v) is 2.76. The average molecular weight is 276 g/mol. The SMILES string of the molecule is CCNC(c1ccccc1)C(C)CN(C)C(C)C(C)C. The Morgan fingerprint density at radius 2 is 1.65 bits per heavy atom. The van der Waals surface area contributed by atoms with Gasteiger partial charge < -0.3 is 10.2 Å². The minimum Gasteiger partial charge on any atom is -0.310 e. The van der Waals surface area contributed by atoms with Gasteiger partial charge in [0.1, 0.15) is 0 Å². The van der Waals surface area contributed by atoms with Crippen LogP contribution >= 0.6 is 0 Å². The van der Waals surface area contributed by atoms with Crippen molar-refractivity contribution in [2.45, 2.75) is 46.7 Å². The van der Waals surface area contributed by atoms with E-state index >= 15 is 0 Å². The van der Waals surface area contributed by atoms with Gasteiger partial charge in [-0.2, -0.15) is 0 Å². The van der Waals surface area contributed by atoms with Crippen LogP contribution in [-0.4, -0.2) is 31.1 Å². The third-order valence-corrected chi connectivity index (χ3v) is 4.39. The number of hydrogen-bond donors (Lipinski definition) is 1. The number of rotatable bonds is 8. The predicted molar refractivity (Wildman–Crippen MR) is 89.0 cm³/mol. The molecule has 0 aliphatic heterocycles. The van der Waals surface area contributed by atoms with Crippen LogP contribution in [0.5, 0.6) is 0 Å². The second-order valence-electron chi connectivity index (χ2n) is 6.35. The summed E-state index contributed by atoms with van der Waals surface area (Å²) in [5, 5.41) is 3.65. The summed E-state index contributed by atoms with van der Waals surface area (Å²) in [6.07, 6.45) is 0. The molecular formula is C18H32N2. The molecule has 0 aliphatic rings. The molecule has 1 rings (SSSR count). The third kappa shape index (κ3) is 4.92. The van der Waals surface area contributed by atoms with Crippen LogP contribution in [-0.2, 0) is 0 Å². The lowest BCUT2D eigenvalue weighted by atomic mass is 9.93. The molecule has 2 nitrogen and oxygen atoms in total. The van der Waals surface area contributed by atoms with Crippen LogP contribution in [0.2, 0.25) is 0 Å². The van der Waals surface area contributed by atoms with Crippen molar-refractivity contribution in [3.63, 3.8) is 0 Å². The van der Waals surface area contributed by atoms with Gasteiger partial charge in [-0.15, -0.1) is 0 Å². The summed E-state index contributed by atoms with van der Waals surface area (Å²) in [5.74, 6) is 1.28. The lowest BCUT2D eigenvalue weighted by Crippen LogP contribution is -2.40. The summed E-state index contributed by atoms with van der Waals surface area (Å²) in [7, 11) is 2.25. The molecule has 0 aromatic heterocycles. The third-order valence-electron chi connectivity index (χ3n) is 4.39. The largest absolute Gasteiger partial charge is 0.310 e. The summed E-state index contributed by atoms with van der Waals surface area (Å²) in [4.78, 5) is 2.49. The number of benzene rings is 1. The van der Waals surface area contributed by atoms with E-state index in [4.69, 9.17) is 0 Å². The summed E-state index contributed by atoms with van der Waals surface area (Å²) in [6.45, 7) is 13.6. The fraction of sp³-hybridized carbons (Fsp3) is 0.667. The monoisotopic (exact) mass is 276 g/mol. The molecule has 3 atom stereocenters. The molecule has 20 heavy (non-hydrogen) atoms. The first-order chi connectivity index (χ1) is 9.47. The van der Waals surface area contributed by atoms with Crippen molar-refractivity contribution in [1.82, 2.24) is 10.2 Å². The highest BCUT2D eigenvalue weighted by Crippen LogP contribution is 2.23. The van der Waals surface area contributed by atoms with Gasteiger partial charge in [0.25, 0.3) is 0 Å². The van der Waals surface area contributed by atoms with Crippen molar-refractivity contribution in [2.75, 3.05) is 20.1 Å². The molecule has 0 amide bonds. The van der Waals surface area contributed by atoms with Gasteiger partial charge >= 0.3 is 0 Å². The van der Waals surface area contributed by atoms with Crippen LogP contribution in [0.3, 0.4) is 0 Å². The zero-order valence-electron chi connectivity index (χ0n) is 14.1. The topological polar surface area (TPSA) is 15.3 Å². The maximum atomic E-state index is 3.65. The van der Waals surface area contributed by atoms with Crippen molar-refractivity contribution in [3.8, 4) is 0 Å². The van der Waals surface area contributed by atoms with Crippen molar-refractivity contribution >= 4 is 0 Å². The van der Waals surface area contributed by atoms with E-state index in [1.165, 1.54) is 5.56 Å². The molecule has 0 saturated heterocycles. The van der Waals surface area contributed by atoms with Crippen LogP contribution in [0.4, 0.5) is 0 Å². The first-order valence-electron chi connectivity index (χ1n) is 7.95. The summed E-state index contributed by atoms with van der Waals surface area (Å²) >= 11 is 0. The molecule has 114 valence electrons. The van der Waals surface area contributed by atoms with Gasteiger partial charge in [0.15, 0.2) is 0 Å². The molecule has 0 aliphatic carbocycles. The van der Waals surface area contributed by atoms with Crippen LogP contribution in [0, 0.1) is 11.8 Å². The molecule has 0 heterocycles. The Bertz CT molecular complexity index is 361. The Morgan fingerprint density at radius 3 is 2.15 bits per heavy atom. The summed E-state index contributed by atoms with van der Waals surface area (Å²) in [6, 6.07) is 11.9. The molecule has 1 aromatic rings. The van der Waals surface area contributed by atoms with E-state index in [2.05, 4.69) is 82.2 Å². The van der Waals surface area contributed by atoms with Gasteiger partial charge in [-0.1, -0.05) is 58.0 Å². The molecule has 1 aromatic carbocycles. The van der Waals surface area contributed by atoms with Crippen molar-refractivity contribution in [2.24, 2.45) is 11.8 Å². The zero-order chi connectivity index (χ0) is 15.1. The second-order valence-corrected chi connectivity index (χ2v) is 6.35. The van der Waals surface area contributed by atoms with Gasteiger partial charge in [-0.05, 0) is 37.9 Å². The Kier molecular flexibility index (Phi) is 7.25. The smallest absolute Gasteiger partial charge is 0.0358 e. The van der Waals surface area contributed by atoms with E-state index in [0.29, 0.717) is 23.9 Å². The summed E-state index contributed by atoms with van der Waals surface area (Å²) in [5.41, 5.74) is 1.40. The molecule has 0 radical (unpaired) electrons. The highest BCUT2D eigenvalue weighted by atomic mass is 15.1. The summed E-state index contributed by atoms with van der Waals surface area (Å²) < 4.78 is 0. The van der Waals surface area contributed by atoms with E-state index in [9.17, 15) is 0 Å². The number of nitrogens with zero attached hydrogens (tertiary/aromatic N) is 1. The maximum absolute atomic E-state index is 3.65. The molecule has 3 unspecified atom stereocenters. The molecule has 0 fully saturated rings. The highest BCUT2D eigenvalue weighted by Gasteiger charge is 2.22. The lowest BCUT2D eigenvalue weighted by Gasteiger charge is -2.33. The van der Waals surface area contributed by atoms with E-state index in [1.807, 2.05) is 0 Å². The van der Waals surface area contributed by atoms with Gasteiger partial charge in [0.2, 0.25) is 0 Å². The van der Waals surface area contributed by atoms with Gasteiger partial charge in [0.05, 0.1) is 0 Å². The van der Waals surface area contributed by atoms with E-state index < -0.39 is 0 Å². The lowest BCUT2D eigenvalue weighted by molar-refractivity contribution is 0.167. The minimum absolute atomic E-state index is 0.433. The molecule has 0 spiro atoms. The minimum atomic E-state index is 0.433. The average Bonchev–Trinajstić information content (AvgIpc) is 2.44. The van der Waals surface area contributed by atoms with Gasteiger partial charge in [-0.25, -0.2) is 0 Å². The normalized spacial score (nSPS) is 16.4. The van der Waals surface area contributed by atoms with Crippen molar-refractivity contribution in [3.05, 3.63) is 35.9 Å².